The number of aryl methyl sites for hydroxylation is 1. The number of hydrogen-bond acceptors (Lipinski definition) is 4. The van der Waals surface area contributed by atoms with Gasteiger partial charge in [-0.3, -0.25) is 0 Å². The van der Waals surface area contributed by atoms with E-state index >= 15 is 0 Å². The molecule has 0 saturated carbocycles. The summed E-state index contributed by atoms with van der Waals surface area (Å²) in [4.78, 5) is 2.34. The minimum absolute atomic E-state index is 0.188. The van der Waals surface area contributed by atoms with Crippen LogP contribution in [0.1, 0.15) is 36.5 Å². The van der Waals surface area contributed by atoms with Crippen molar-refractivity contribution >= 4 is 0 Å². The van der Waals surface area contributed by atoms with Crippen molar-refractivity contribution in [2.45, 2.75) is 45.8 Å². The predicted octanol–water partition coefficient (Wildman–Crippen LogP) is 4.35. The molecule has 1 heterocycles. The molecule has 1 aliphatic heterocycles. The van der Waals surface area contributed by atoms with E-state index in [1.807, 2.05) is 32.0 Å². The second-order valence-electron chi connectivity index (χ2n) is 7.56. The van der Waals surface area contributed by atoms with Gasteiger partial charge in [-0.2, -0.15) is 0 Å². The number of nitrogens with zero attached hydrogens (tertiary/aromatic N) is 1. The van der Waals surface area contributed by atoms with Crippen LogP contribution in [-0.4, -0.2) is 30.6 Å². The van der Waals surface area contributed by atoms with E-state index in [1.165, 1.54) is 5.56 Å². The Kier molecular flexibility index (Phi) is 7.53. The molecular formula is C24H32FN3O. The van der Waals surface area contributed by atoms with Crippen molar-refractivity contribution in [3.8, 4) is 5.75 Å². The minimum atomic E-state index is -0.188. The standard InChI is InChI=1S/C24H32FN3O/c1-4-29-24-9-5-20(6-10-24)16-27-19(3)28(23-11-13-26-14-12-23)17-21-7-8-22(25)15-18(21)2/h5-10,15,23,26-27H,3-4,11-14,16-17H2,1-2H3. The van der Waals surface area contributed by atoms with Gasteiger partial charge in [0.1, 0.15) is 11.6 Å². The van der Waals surface area contributed by atoms with Crippen LogP contribution in [0.15, 0.2) is 54.9 Å². The van der Waals surface area contributed by atoms with Crippen LogP contribution in [0.4, 0.5) is 4.39 Å². The van der Waals surface area contributed by atoms with E-state index in [-0.39, 0.29) is 5.82 Å². The van der Waals surface area contributed by atoms with Gasteiger partial charge < -0.3 is 20.3 Å². The third kappa shape index (κ3) is 5.97. The summed E-state index contributed by atoms with van der Waals surface area (Å²) in [6.07, 6.45) is 2.15. The summed E-state index contributed by atoms with van der Waals surface area (Å²) in [5, 5.41) is 6.92. The van der Waals surface area contributed by atoms with Gasteiger partial charge in [-0.05, 0) is 80.7 Å². The smallest absolute Gasteiger partial charge is 0.123 e. The van der Waals surface area contributed by atoms with E-state index in [4.69, 9.17) is 4.74 Å². The summed E-state index contributed by atoms with van der Waals surface area (Å²) in [5.41, 5.74) is 3.29. The molecule has 1 aliphatic rings. The van der Waals surface area contributed by atoms with Crippen LogP contribution >= 0.6 is 0 Å². The Balaban J connectivity index is 1.68. The summed E-state index contributed by atoms with van der Waals surface area (Å²) < 4.78 is 19.0. The fourth-order valence-electron chi connectivity index (χ4n) is 3.76. The molecule has 5 heteroatoms. The van der Waals surface area contributed by atoms with Gasteiger partial charge in [0.05, 0.1) is 12.4 Å². The highest BCUT2D eigenvalue weighted by molar-refractivity contribution is 5.28. The van der Waals surface area contributed by atoms with E-state index in [2.05, 4.69) is 34.2 Å². The normalized spacial score (nSPS) is 14.4. The van der Waals surface area contributed by atoms with E-state index in [0.29, 0.717) is 19.2 Å². The first-order valence-electron chi connectivity index (χ1n) is 10.4. The van der Waals surface area contributed by atoms with Crippen molar-refractivity contribution in [3.63, 3.8) is 0 Å². The zero-order chi connectivity index (χ0) is 20.6. The van der Waals surface area contributed by atoms with Crippen molar-refractivity contribution in [1.29, 1.82) is 0 Å². The molecular weight excluding hydrogens is 365 g/mol. The van der Waals surface area contributed by atoms with Crippen LogP contribution in [0.3, 0.4) is 0 Å². The van der Waals surface area contributed by atoms with E-state index < -0.39 is 0 Å². The molecule has 2 aromatic rings. The second kappa shape index (κ2) is 10.3. The monoisotopic (exact) mass is 397 g/mol. The summed E-state index contributed by atoms with van der Waals surface area (Å²) in [7, 11) is 0. The molecule has 0 spiro atoms. The molecule has 3 rings (SSSR count). The fourth-order valence-corrected chi connectivity index (χ4v) is 3.76. The highest BCUT2D eigenvalue weighted by atomic mass is 19.1. The molecule has 4 nitrogen and oxygen atoms in total. The molecule has 0 amide bonds. The van der Waals surface area contributed by atoms with E-state index in [1.54, 1.807) is 12.1 Å². The van der Waals surface area contributed by atoms with Crippen LogP contribution in [0.25, 0.3) is 0 Å². The number of halogens is 1. The van der Waals surface area contributed by atoms with Crippen molar-refractivity contribution in [1.82, 2.24) is 15.5 Å². The number of ether oxygens (including phenoxy) is 1. The molecule has 0 aliphatic carbocycles. The zero-order valence-corrected chi connectivity index (χ0v) is 17.5. The first-order chi connectivity index (χ1) is 14.1. The van der Waals surface area contributed by atoms with Gasteiger partial charge in [-0.25, -0.2) is 4.39 Å². The maximum Gasteiger partial charge on any atom is 0.123 e. The van der Waals surface area contributed by atoms with Crippen molar-refractivity contribution in [2.24, 2.45) is 0 Å². The van der Waals surface area contributed by atoms with Gasteiger partial charge in [-0.15, -0.1) is 0 Å². The van der Waals surface area contributed by atoms with Crippen molar-refractivity contribution in [2.75, 3.05) is 19.7 Å². The maximum atomic E-state index is 13.5. The van der Waals surface area contributed by atoms with Crippen molar-refractivity contribution in [3.05, 3.63) is 77.4 Å². The highest BCUT2D eigenvalue weighted by Crippen LogP contribution is 2.22. The Morgan fingerprint density at radius 3 is 2.59 bits per heavy atom. The van der Waals surface area contributed by atoms with Gasteiger partial charge in [0.15, 0.2) is 0 Å². The average molecular weight is 398 g/mol. The van der Waals surface area contributed by atoms with Gasteiger partial charge in [0, 0.05) is 19.1 Å². The Morgan fingerprint density at radius 1 is 1.21 bits per heavy atom. The lowest BCUT2D eigenvalue weighted by molar-refractivity contribution is 0.187. The van der Waals surface area contributed by atoms with Crippen LogP contribution in [-0.2, 0) is 13.1 Å². The first kappa shape index (κ1) is 21.2. The van der Waals surface area contributed by atoms with Crippen LogP contribution in [0.5, 0.6) is 5.75 Å². The molecule has 29 heavy (non-hydrogen) atoms. The molecule has 1 saturated heterocycles. The molecule has 1 fully saturated rings. The SMILES string of the molecule is C=C(NCc1ccc(OCC)cc1)N(Cc1ccc(F)cc1C)C1CCNCC1. The molecule has 156 valence electrons. The molecule has 2 aromatic carbocycles. The summed E-state index contributed by atoms with van der Waals surface area (Å²) >= 11 is 0. The largest absolute Gasteiger partial charge is 0.494 e. The summed E-state index contributed by atoms with van der Waals surface area (Å²) in [6, 6.07) is 13.6. The molecule has 0 atom stereocenters. The Morgan fingerprint density at radius 2 is 1.93 bits per heavy atom. The van der Waals surface area contributed by atoms with E-state index in [0.717, 1.165) is 55.2 Å². The van der Waals surface area contributed by atoms with Crippen LogP contribution in [0.2, 0.25) is 0 Å². The van der Waals surface area contributed by atoms with Crippen LogP contribution < -0.4 is 15.4 Å². The first-order valence-corrected chi connectivity index (χ1v) is 10.4. The molecule has 0 bridgehead atoms. The number of rotatable bonds is 9. The lowest BCUT2D eigenvalue weighted by Gasteiger charge is -2.38. The average Bonchev–Trinajstić information content (AvgIpc) is 2.73. The predicted molar refractivity (Wildman–Crippen MR) is 116 cm³/mol. The lowest BCUT2D eigenvalue weighted by atomic mass is 10.0. The number of piperidine rings is 1. The van der Waals surface area contributed by atoms with Gasteiger partial charge in [-0.1, -0.05) is 24.8 Å². The second-order valence-corrected chi connectivity index (χ2v) is 7.56. The topological polar surface area (TPSA) is 36.5 Å². The van der Waals surface area contributed by atoms with E-state index in [9.17, 15) is 4.39 Å². The Labute approximate surface area is 173 Å². The Bertz CT molecular complexity index is 800. The number of nitrogens with one attached hydrogen (secondary N) is 2. The Hall–Kier alpha value is -2.53. The summed E-state index contributed by atoms with van der Waals surface area (Å²) in [5.74, 6) is 1.61. The number of hydrogen-bond donors (Lipinski definition) is 2. The van der Waals surface area contributed by atoms with Crippen LogP contribution in [0, 0.1) is 12.7 Å². The highest BCUT2D eigenvalue weighted by Gasteiger charge is 2.23. The van der Waals surface area contributed by atoms with Gasteiger partial charge in [0.2, 0.25) is 0 Å². The third-order valence-corrected chi connectivity index (χ3v) is 5.47. The quantitative estimate of drug-likeness (QED) is 0.660. The fraction of sp³-hybridized carbons (Fsp3) is 0.417. The molecule has 0 radical (unpaired) electrons. The van der Waals surface area contributed by atoms with Crippen molar-refractivity contribution < 1.29 is 9.13 Å². The molecule has 2 N–H and O–H groups in total. The zero-order valence-electron chi connectivity index (χ0n) is 17.5. The maximum absolute atomic E-state index is 13.5. The lowest BCUT2D eigenvalue weighted by Crippen LogP contribution is -2.44. The molecule has 0 aromatic heterocycles. The molecule has 0 unspecified atom stereocenters. The van der Waals surface area contributed by atoms with Gasteiger partial charge >= 0.3 is 0 Å². The summed E-state index contributed by atoms with van der Waals surface area (Å²) in [6.45, 7) is 12.4. The third-order valence-electron chi connectivity index (χ3n) is 5.47. The number of benzene rings is 2. The van der Waals surface area contributed by atoms with Gasteiger partial charge in [0.25, 0.3) is 0 Å². The minimum Gasteiger partial charge on any atom is -0.494 e.